The summed E-state index contributed by atoms with van der Waals surface area (Å²) in [7, 11) is 0. The monoisotopic (exact) mass is 361 g/mol. The number of aliphatic carboxylic acids is 1. The summed E-state index contributed by atoms with van der Waals surface area (Å²) in [5.74, 6) is -2.42. The molecule has 2 rings (SSSR count). The number of halogens is 3. The van der Waals surface area contributed by atoms with E-state index in [0.29, 0.717) is 0 Å². The van der Waals surface area contributed by atoms with Gasteiger partial charge < -0.3 is 10.0 Å². The number of thioether (sulfide) groups is 1. The maximum Gasteiger partial charge on any atom is 0.406 e. The Morgan fingerprint density at radius 3 is 2.50 bits per heavy atom. The first-order valence-electron chi connectivity index (χ1n) is 7.35. The average Bonchev–Trinajstić information content (AvgIpc) is 2.92. The van der Waals surface area contributed by atoms with Crippen LogP contribution in [-0.2, 0) is 9.59 Å². The SMILES string of the molecule is Cc1ccc(SCC(=O)N2CCC(C(=O)O)(C(F)(F)F)C2)c(C)c1. The first kappa shape index (κ1) is 18.6. The fourth-order valence-corrected chi connectivity index (χ4v) is 3.65. The van der Waals surface area contributed by atoms with Gasteiger partial charge in [0.2, 0.25) is 5.91 Å². The second kappa shape index (κ2) is 6.66. The van der Waals surface area contributed by atoms with Crippen LogP contribution < -0.4 is 0 Å². The normalized spacial score (nSPS) is 21.1. The number of benzene rings is 1. The number of carboxylic acid groups (broad SMARTS) is 1. The fourth-order valence-electron chi connectivity index (χ4n) is 2.74. The highest BCUT2D eigenvalue weighted by molar-refractivity contribution is 8.00. The molecule has 1 saturated heterocycles. The molecule has 0 radical (unpaired) electrons. The number of likely N-dealkylation sites (tertiary alicyclic amines) is 1. The summed E-state index contributed by atoms with van der Waals surface area (Å²) in [6.07, 6.45) is -5.49. The predicted octanol–water partition coefficient (Wildman–Crippen LogP) is 3.26. The second-order valence-electron chi connectivity index (χ2n) is 6.01. The van der Waals surface area contributed by atoms with Crippen LogP contribution in [0.4, 0.5) is 13.2 Å². The summed E-state index contributed by atoms with van der Waals surface area (Å²) in [4.78, 5) is 25.2. The highest BCUT2D eigenvalue weighted by Gasteiger charge is 2.64. The summed E-state index contributed by atoms with van der Waals surface area (Å²) in [5.41, 5.74) is -0.781. The number of hydrogen-bond acceptors (Lipinski definition) is 3. The van der Waals surface area contributed by atoms with Crippen molar-refractivity contribution in [1.82, 2.24) is 4.90 Å². The zero-order chi connectivity index (χ0) is 18.1. The average molecular weight is 361 g/mol. The van der Waals surface area contributed by atoms with Crippen LogP contribution in [-0.4, -0.2) is 46.9 Å². The van der Waals surface area contributed by atoms with Gasteiger partial charge in [-0.15, -0.1) is 11.8 Å². The second-order valence-corrected chi connectivity index (χ2v) is 7.03. The molecule has 132 valence electrons. The van der Waals surface area contributed by atoms with Crippen LogP contribution in [0.2, 0.25) is 0 Å². The molecule has 1 aliphatic heterocycles. The Kier molecular flexibility index (Phi) is 5.17. The van der Waals surface area contributed by atoms with Crippen molar-refractivity contribution < 1.29 is 27.9 Å². The van der Waals surface area contributed by atoms with E-state index in [1.165, 1.54) is 11.8 Å². The van der Waals surface area contributed by atoms with E-state index in [4.69, 9.17) is 5.11 Å². The Balaban J connectivity index is 2.03. The molecule has 4 nitrogen and oxygen atoms in total. The van der Waals surface area contributed by atoms with E-state index in [1.807, 2.05) is 32.0 Å². The number of carboxylic acids is 1. The molecule has 1 atom stereocenters. The minimum atomic E-state index is -4.88. The topological polar surface area (TPSA) is 57.6 Å². The van der Waals surface area contributed by atoms with Gasteiger partial charge in [0, 0.05) is 18.0 Å². The van der Waals surface area contributed by atoms with Crippen molar-refractivity contribution >= 4 is 23.6 Å². The third-order valence-corrected chi connectivity index (χ3v) is 5.42. The van der Waals surface area contributed by atoms with Gasteiger partial charge in [0.25, 0.3) is 0 Å². The third kappa shape index (κ3) is 3.53. The van der Waals surface area contributed by atoms with Gasteiger partial charge in [-0.2, -0.15) is 13.2 Å². The number of carbonyl (C=O) groups is 2. The van der Waals surface area contributed by atoms with Crippen molar-refractivity contribution in [2.75, 3.05) is 18.8 Å². The summed E-state index contributed by atoms with van der Waals surface area (Å²) in [6.45, 7) is 2.82. The van der Waals surface area contributed by atoms with Crippen molar-refractivity contribution in [3.8, 4) is 0 Å². The van der Waals surface area contributed by atoms with Crippen LogP contribution in [0.25, 0.3) is 0 Å². The zero-order valence-corrected chi connectivity index (χ0v) is 14.1. The van der Waals surface area contributed by atoms with E-state index in [0.717, 1.165) is 20.9 Å². The maximum absolute atomic E-state index is 13.1. The number of carbonyl (C=O) groups excluding carboxylic acids is 1. The van der Waals surface area contributed by atoms with Crippen molar-refractivity contribution in [3.05, 3.63) is 29.3 Å². The molecule has 8 heteroatoms. The number of nitrogens with zero attached hydrogens (tertiary/aromatic N) is 1. The highest BCUT2D eigenvalue weighted by Crippen LogP contribution is 2.45. The number of amides is 1. The van der Waals surface area contributed by atoms with Crippen LogP contribution >= 0.6 is 11.8 Å². The smallest absolute Gasteiger partial charge is 0.406 e. The molecule has 1 unspecified atom stereocenters. The molecule has 1 fully saturated rings. The lowest BCUT2D eigenvalue weighted by Crippen LogP contribution is -2.48. The van der Waals surface area contributed by atoms with Gasteiger partial charge in [-0.3, -0.25) is 9.59 Å². The molecule has 1 aliphatic rings. The maximum atomic E-state index is 13.1. The van der Waals surface area contributed by atoms with E-state index < -0.39 is 36.4 Å². The van der Waals surface area contributed by atoms with Crippen LogP contribution in [0.15, 0.2) is 23.1 Å². The van der Waals surface area contributed by atoms with Gasteiger partial charge in [-0.05, 0) is 31.9 Å². The van der Waals surface area contributed by atoms with E-state index in [9.17, 15) is 22.8 Å². The highest BCUT2D eigenvalue weighted by atomic mass is 32.2. The molecule has 1 aromatic rings. The van der Waals surface area contributed by atoms with E-state index in [1.54, 1.807) is 0 Å². The molecule has 1 amide bonds. The van der Waals surface area contributed by atoms with Crippen molar-refractivity contribution in [3.63, 3.8) is 0 Å². The number of aryl methyl sites for hydroxylation is 2. The van der Waals surface area contributed by atoms with Gasteiger partial charge in [0.05, 0.1) is 5.75 Å². The molecule has 0 spiro atoms. The van der Waals surface area contributed by atoms with Crippen molar-refractivity contribution in [2.24, 2.45) is 5.41 Å². The first-order chi connectivity index (χ1) is 11.1. The summed E-state index contributed by atoms with van der Waals surface area (Å²) < 4.78 is 39.4. The summed E-state index contributed by atoms with van der Waals surface area (Å²) in [5, 5.41) is 9.01. The van der Waals surface area contributed by atoms with Crippen LogP contribution in [0.5, 0.6) is 0 Å². The lowest BCUT2D eigenvalue weighted by molar-refractivity contribution is -0.227. The van der Waals surface area contributed by atoms with Gasteiger partial charge in [-0.25, -0.2) is 0 Å². The van der Waals surface area contributed by atoms with Gasteiger partial charge in [0.15, 0.2) is 5.41 Å². The lowest BCUT2D eigenvalue weighted by atomic mass is 9.86. The van der Waals surface area contributed by atoms with Crippen molar-refractivity contribution in [1.29, 1.82) is 0 Å². The largest absolute Gasteiger partial charge is 0.481 e. The standard InChI is InChI=1S/C16H18F3NO3S/c1-10-3-4-12(11(2)7-10)24-8-13(21)20-6-5-15(9-20,14(22)23)16(17,18)19/h3-4,7H,5-6,8-9H2,1-2H3,(H,22,23). The molecule has 0 saturated carbocycles. The van der Waals surface area contributed by atoms with E-state index in [2.05, 4.69) is 0 Å². The Hall–Kier alpha value is -1.70. The first-order valence-corrected chi connectivity index (χ1v) is 8.33. The Morgan fingerprint density at radius 1 is 1.33 bits per heavy atom. The quantitative estimate of drug-likeness (QED) is 0.837. The predicted molar refractivity (Wildman–Crippen MR) is 84.0 cm³/mol. The van der Waals surface area contributed by atoms with Gasteiger partial charge in [0.1, 0.15) is 0 Å². The molecule has 0 aromatic heterocycles. The molecule has 0 aliphatic carbocycles. The molecule has 1 heterocycles. The fraction of sp³-hybridized carbons (Fsp3) is 0.500. The molecule has 1 N–H and O–H groups in total. The summed E-state index contributed by atoms with van der Waals surface area (Å²) in [6, 6.07) is 5.72. The zero-order valence-electron chi connectivity index (χ0n) is 13.3. The van der Waals surface area contributed by atoms with E-state index >= 15 is 0 Å². The minimum Gasteiger partial charge on any atom is -0.481 e. The molecule has 1 aromatic carbocycles. The van der Waals surface area contributed by atoms with Crippen LogP contribution in [0, 0.1) is 19.3 Å². The Morgan fingerprint density at radius 2 is 2.00 bits per heavy atom. The molecular formula is C16H18F3NO3S. The molecule has 24 heavy (non-hydrogen) atoms. The van der Waals surface area contributed by atoms with E-state index in [-0.39, 0.29) is 12.3 Å². The lowest BCUT2D eigenvalue weighted by Gasteiger charge is -2.27. The Bertz CT molecular complexity index is 662. The minimum absolute atomic E-state index is 0.0164. The van der Waals surface area contributed by atoms with Gasteiger partial charge >= 0.3 is 12.1 Å². The number of alkyl halides is 3. The molecule has 0 bridgehead atoms. The summed E-state index contributed by atoms with van der Waals surface area (Å²) >= 11 is 1.25. The third-order valence-electron chi connectivity index (χ3n) is 4.26. The van der Waals surface area contributed by atoms with Crippen LogP contribution in [0.3, 0.4) is 0 Å². The Labute approximate surface area is 142 Å². The van der Waals surface area contributed by atoms with Gasteiger partial charge in [-0.1, -0.05) is 17.7 Å². The molecular weight excluding hydrogens is 343 g/mol. The van der Waals surface area contributed by atoms with Crippen molar-refractivity contribution in [2.45, 2.75) is 31.3 Å². The number of rotatable bonds is 4. The number of hydrogen-bond donors (Lipinski definition) is 1. The van der Waals surface area contributed by atoms with Crippen LogP contribution in [0.1, 0.15) is 17.5 Å².